The number of aromatic amines is 1. The number of aromatic nitrogens is 3. The highest BCUT2D eigenvalue weighted by atomic mass is 16.5. The number of likely N-dealkylation sites (tertiary alicyclic amines) is 2. The van der Waals surface area contributed by atoms with Crippen LogP contribution in [-0.2, 0) is 75.4 Å². The fraction of sp³-hybridized carbons (Fsp3) is 0.426. The lowest BCUT2D eigenvalue weighted by Crippen LogP contribution is -2.60. The lowest BCUT2D eigenvalue weighted by molar-refractivity contribution is -0.145. The number of rotatable bonds is 18. The number of methoxy groups -OCH3 is 1. The van der Waals surface area contributed by atoms with Gasteiger partial charge in [-0.2, -0.15) is 10.2 Å². The molecule has 0 spiro atoms. The van der Waals surface area contributed by atoms with Crippen molar-refractivity contribution in [3.63, 3.8) is 0 Å². The van der Waals surface area contributed by atoms with E-state index in [9.17, 15) is 24.3 Å². The van der Waals surface area contributed by atoms with Gasteiger partial charge in [0.1, 0.15) is 72.8 Å². The van der Waals surface area contributed by atoms with Gasteiger partial charge in [-0.1, -0.05) is 182 Å². The standard InChI is InChI=1S/C94H115N15O14/c1-13-69-44-64-53-109(105-69)70-50-79(107(54-70)90(117)81(94(7,8)9)102-84(111)57(3)96-11)88(115)99-75(47-61-25-33-65-21-14-16-23-67(65)42-61)85(112)97-74(82-103-104-92(120)108(82)51-60-31-35-71(121-12)36-32-60)45-58-27-37-72(38-28-58)122-41-19-18-20-63-49-78(106(52-63)89(116)80(93(4,5)6)101-83(110)56(2)95-10)87(114)98-76(48-62-26-34-66-22-15-17-24-68(66)43-62)86(113)100-77(91(118)119)46-59-29-39-73(40-30-59)123-55-64/h14-19,21-40,42-43,53,56-57,63,70,74-81,95-96H,13,20,41,44-52,54-55H2,1-12H3,(H,97,112)(H,98,114)(H,99,115)(H,100,113)(H,101,110)(H,102,111)(H,104,120)(H,118,119). The predicted molar refractivity (Wildman–Crippen MR) is 469 cm³/mol. The van der Waals surface area contributed by atoms with Crippen LogP contribution in [0.3, 0.4) is 0 Å². The highest BCUT2D eigenvalue weighted by molar-refractivity contribution is 5.98. The van der Waals surface area contributed by atoms with Gasteiger partial charge >= 0.3 is 11.7 Å². The van der Waals surface area contributed by atoms with Gasteiger partial charge in [0.2, 0.25) is 47.3 Å². The Morgan fingerprint density at radius 1 is 0.593 bits per heavy atom. The van der Waals surface area contributed by atoms with Crippen LogP contribution < -0.4 is 62.4 Å². The molecule has 7 aliphatic heterocycles. The summed E-state index contributed by atoms with van der Waals surface area (Å²) in [5, 5.41) is 52.6. The second kappa shape index (κ2) is 40.0. The summed E-state index contributed by atoms with van der Waals surface area (Å²) in [5.41, 5.74) is 2.63. The molecule has 8 amide bonds. The summed E-state index contributed by atoms with van der Waals surface area (Å²) in [6.45, 7) is 16.6. The third kappa shape index (κ3) is 22.8. The van der Waals surface area contributed by atoms with Crippen LogP contribution >= 0.6 is 0 Å². The largest absolute Gasteiger partial charge is 0.497 e. The highest BCUT2D eigenvalue weighted by Gasteiger charge is 2.49. The van der Waals surface area contributed by atoms with E-state index in [-0.39, 0.29) is 83.1 Å². The Bertz CT molecular complexity index is 5300. The van der Waals surface area contributed by atoms with Crippen molar-refractivity contribution in [3.05, 3.63) is 226 Å². The van der Waals surface area contributed by atoms with Gasteiger partial charge in [0.15, 0.2) is 5.82 Å². The van der Waals surface area contributed by atoms with E-state index in [4.69, 9.17) is 19.3 Å². The number of carbonyl (C=O) groups excluding carboxylic acids is 8. The molecule has 2 fully saturated rings. The van der Waals surface area contributed by atoms with Gasteiger partial charge in [0.25, 0.3) is 0 Å². The number of fused-ring (bicyclic) bond motifs is 2. The number of carboxylic acid groups (broad SMARTS) is 1. The summed E-state index contributed by atoms with van der Waals surface area (Å²) in [5.74, 6) is -4.53. The quantitative estimate of drug-likeness (QED) is 0.0362. The number of hydrogen-bond acceptors (Lipinski definition) is 18. The number of benzene rings is 7. The average Bonchev–Trinajstić information content (AvgIpc) is 1.66. The lowest BCUT2D eigenvalue weighted by atomic mass is 9.85. The van der Waals surface area contributed by atoms with Crippen molar-refractivity contribution in [2.45, 2.75) is 193 Å². The molecule has 2 saturated heterocycles. The Labute approximate surface area is 717 Å². The fourth-order valence-electron chi connectivity index (χ4n) is 16.1. The number of nitrogens with zero attached hydrogens (tertiary/aromatic N) is 6. The van der Waals surface area contributed by atoms with Gasteiger partial charge in [0, 0.05) is 57.1 Å². The average molecular weight is 1680 g/mol. The molecule has 29 nitrogen and oxygen atoms in total. The second-order valence-electron chi connectivity index (χ2n) is 34.7. The zero-order chi connectivity index (χ0) is 88.0. The number of carbonyl (C=O) groups is 9. The number of hydrogen-bond donors (Lipinski definition) is 10. The van der Waals surface area contributed by atoms with Gasteiger partial charge in [-0.05, 0) is 162 Å². The molecule has 12 atom stereocenters. The smallest absolute Gasteiger partial charge is 0.343 e. The molecular formula is C94H115N15O14. The summed E-state index contributed by atoms with van der Waals surface area (Å²) >= 11 is 0. The first-order valence-corrected chi connectivity index (χ1v) is 42.2. The van der Waals surface area contributed by atoms with E-state index >= 15 is 28.8 Å². The molecule has 15 rings (SSSR count). The van der Waals surface area contributed by atoms with Crippen LogP contribution in [0.15, 0.2) is 192 Å². The van der Waals surface area contributed by atoms with Crippen LogP contribution in [-0.4, -0.2) is 202 Å². The molecule has 10 N–H and O–H groups in total. The van der Waals surface area contributed by atoms with Crippen molar-refractivity contribution >= 4 is 80.5 Å². The molecule has 0 aliphatic carbocycles. The monoisotopic (exact) mass is 1680 g/mol. The maximum absolute atomic E-state index is 16.0. The molecule has 7 aliphatic rings. The number of likely N-dealkylation sites (N-methyl/N-ethyl adjacent to an activating group) is 2. The molecule has 10 bridgehead atoms. The normalized spacial score (nSPS) is 21.4. The lowest BCUT2D eigenvalue weighted by Gasteiger charge is -2.36. The van der Waals surface area contributed by atoms with Crippen LogP contribution in [0.1, 0.15) is 134 Å². The summed E-state index contributed by atoms with van der Waals surface area (Å²) in [6.07, 6.45) is 6.90. The minimum atomic E-state index is -1.48. The molecule has 8 aromatic rings. The Hall–Kier alpha value is -12.5. The Morgan fingerprint density at radius 2 is 1.11 bits per heavy atom. The van der Waals surface area contributed by atoms with Crippen molar-refractivity contribution in [2.24, 2.45) is 21.8 Å². The van der Waals surface area contributed by atoms with Crippen molar-refractivity contribution in [2.75, 3.05) is 47.5 Å². The number of aliphatic carboxylic acids is 1. The molecule has 1 aromatic heterocycles. The molecule has 8 heterocycles. The van der Waals surface area contributed by atoms with Gasteiger partial charge in [0.05, 0.1) is 37.8 Å². The number of ether oxygens (including phenoxy) is 3. The molecule has 29 heteroatoms. The van der Waals surface area contributed by atoms with Crippen LogP contribution in [0.4, 0.5) is 0 Å². The summed E-state index contributed by atoms with van der Waals surface area (Å²) in [7, 11) is 4.83. The Morgan fingerprint density at radius 3 is 1.63 bits per heavy atom. The summed E-state index contributed by atoms with van der Waals surface area (Å²) < 4.78 is 19.7. The minimum absolute atomic E-state index is 0.0214. The van der Waals surface area contributed by atoms with Crippen molar-refractivity contribution < 1.29 is 62.5 Å². The molecule has 7 aromatic carbocycles. The first kappa shape index (κ1) is 89.8. The molecular weight excluding hydrogens is 1560 g/mol. The molecule has 650 valence electrons. The van der Waals surface area contributed by atoms with Crippen LogP contribution in [0.2, 0.25) is 0 Å². The van der Waals surface area contributed by atoms with E-state index in [2.05, 4.69) is 52.7 Å². The number of allylic oxidation sites excluding steroid dienone is 1. The third-order valence-electron chi connectivity index (χ3n) is 23.5. The minimum Gasteiger partial charge on any atom is -0.497 e. The number of H-pyrrole nitrogens is 1. The van der Waals surface area contributed by atoms with Crippen molar-refractivity contribution in [1.29, 1.82) is 0 Å². The Balaban J connectivity index is 0.911. The van der Waals surface area contributed by atoms with E-state index in [0.717, 1.165) is 38.4 Å². The molecule has 123 heavy (non-hydrogen) atoms. The topological polar surface area (TPSA) is 371 Å². The Kier molecular flexibility index (Phi) is 29.2. The number of amides is 8. The maximum atomic E-state index is 16.0. The third-order valence-corrected chi connectivity index (χ3v) is 23.5. The van der Waals surface area contributed by atoms with Crippen LogP contribution in [0.5, 0.6) is 17.2 Å². The van der Waals surface area contributed by atoms with Crippen molar-refractivity contribution in [3.8, 4) is 17.2 Å². The molecule has 12 unspecified atom stereocenters. The summed E-state index contributed by atoms with van der Waals surface area (Å²) in [4.78, 5) is 151. The number of hydrazone groups is 1. The van der Waals surface area contributed by atoms with E-state index in [0.29, 0.717) is 58.8 Å². The summed E-state index contributed by atoms with van der Waals surface area (Å²) in [6, 6.07) is 36.3. The number of nitrogens with one attached hydrogen (secondary N) is 9. The van der Waals surface area contributed by atoms with Gasteiger partial charge in [-0.25, -0.2) is 14.7 Å². The zero-order valence-electron chi connectivity index (χ0n) is 72.0. The van der Waals surface area contributed by atoms with Crippen LogP contribution in [0, 0.1) is 16.7 Å². The maximum Gasteiger partial charge on any atom is 0.343 e. The van der Waals surface area contributed by atoms with Crippen molar-refractivity contribution in [1.82, 2.24) is 72.1 Å². The first-order chi connectivity index (χ1) is 58.8. The zero-order valence-corrected chi connectivity index (χ0v) is 72.0. The molecule has 0 saturated carbocycles. The van der Waals surface area contributed by atoms with E-state index < -0.39 is 136 Å². The van der Waals surface area contributed by atoms with E-state index in [1.807, 2.05) is 176 Å². The van der Waals surface area contributed by atoms with E-state index in [1.165, 1.54) is 14.4 Å². The van der Waals surface area contributed by atoms with Gasteiger partial charge < -0.3 is 71.7 Å². The van der Waals surface area contributed by atoms with E-state index in [1.54, 1.807) is 88.6 Å². The highest BCUT2D eigenvalue weighted by Crippen LogP contribution is 2.35. The molecule has 0 radical (unpaired) electrons. The SMILES string of the molecule is CCC1=NN2C=C(COc3ccc(cc3)CC(C(=O)O)NC(=O)C(Cc3ccc4ccccc4c3)NC(=O)C3CC(CC=CCOc4ccc(cc4)CC(c4n[nH]c(=O)n4Cc4ccc(OC)cc4)NC(=O)C(Cc4ccc5ccccc5c4)NC(=O)C4CC2CN4C(=O)C(NC(=O)C(C)NC)C(C)(C)C)CN3C(=O)C(NC(=O)C(C)NC)C(C)(C)C)C1. The second-order valence-corrected chi connectivity index (χ2v) is 34.7. The van der Waals surface area contributed by atoms with Gasteiger partial charge in [-0.15, -0.1) is 0 Å². The van der Waals surface area contributed by atoms with Gasteiger partial charge in [-0.3, -0.25) is 47.9 Å². The first-order valence-electron chi connectivity index (χ1n) is 42.2. The fourth-order valence-corrected chi connectivity index (χ4v) is 16.1. The number of carboxylic acids is 1. The predicted octanol–water partition coefficient (Wildman–Crippen LogP) is 8.14. The van der Waals surface area contributed by atoms with Crippen LogP contribution in [0.25, 0.3) is 21.5 Å².